The highest BCUT2D eigenvalue weighted by Gasteiger charge is 2.31. The van der Waals surface area contributed by atoms with Crippen molar-refractivity contribution < 1.29 is 26.4 Å². The van der Waals surface area contributed by atoms with E-state index >= 15 is 0 Å². The molecule has 1 amide bonds. The summed E-state index contributed by atoms with van der Waals surface area (Å²) in [6.45, 7) is 0.382. The number of fused-ring (bicyclic) bond motifs is 1. The van der Waals surface area contributed by atoms with E-state index in [1.165, 1.54) is 6.07 Å². The molecule has 0 radical (unpaired) electrons. The van der Waals surface area contributed by atoms with Crippen LogP contribution in [0.25, 0.3) is 11.0 Å². The summed E-state index contributed by atoms with van der Waals surface area (Å²) in [7, 11) is -3.11. The molecule has 0 saturated carbocycles. The molecule has 0 bridgehead atoms. The van der Waals surface area contributed by atoms with E-state index in [0.29, 0.717) is 23.6 Å². The van der Waals surface area contributed by atoms with E-state index in [4.69, 9.17) is 0 Å². The van der Waals surface area contributed by atoms with Crippen LogP contribution in [0, 0.1) is 0 Å². The van der Waals surface area contributed by atoms with Crippen molar-refractivity contribution in [3.63, 3.8) is 0 Å². The molecule has 0 spiro atoms. The highest BCUT2D eigenvalue weighted by Crippen LogP contribution is 2.33. The number of aromatic nitrogens is 2. The summed E-state index contributed by atoms with van der Waals surface area (Å²) in [5.74, 6) is -0.387. The van der Waals surface area contributed by atoms with Gasteiger partial charge in [0.2, 0.25) is 5.91 Å². The molecule has 0 unspecified atom stereocenters. The Hall–Kier alpha value is -2.53. The van der Waals surface area contributed by atoms with Crippen LogP contribution in [-0.2, 0) is 27.4 Å². The first-order valence-corrected chi connectivity index (χ1v) is 12.7. The molecule has 2 heterocycles. The lowest BCUT2D eigenvalue weighted by Gasteiger charge is -2.12. The molecule has 32 heavy (non-hydrogen) atoms. The standard InChI is InChI=1S/C21H20F3N3O3S2/c22-21(23,24)15-6-7-18-17(10-15)26-20(27(18)11-14-4-2-1-3-5-14)31-12-19(28)25-16-8-9-32(29,30)13-16/h1-7,10,16H,8-9,11-13H2,(H,25,28)/t16-/m0/s1. The molecule has 1 fully saturated rings. The number of rotatable bonds is 6. The average Bonchev–Trinajstić information content (AvgIpc) is 3.25. The number of halogens is 3. The molecule has 1 saturated heterocycles. The minimum atomic E-state index is -4.48. The highest BCUT2D eigenvalue weighted by atomic mass is 32.2. The van der Waals surface area contributed by atoms with Gasteiger partial charge in [-0.15, -0.1) is 0 Å². The fraction of sp³-hybridized carbons (Fsp3) is 0.333. The molecule has 1 aromatic heterocycles. The normalized spacial score (nSPS) is 18.2. The van der Waals surface area contributed by atoms with Crippen LogP contribution in [-0.4, -0.2) is 47.2 Å². The van der Waals surface area contributed by atoms with E-state index < -0.39 is 27.6 Å². The van der Waals surface area contributed by atoms with Crippen molar-refractivity contribution in [1.29, 1.82) is 0 Å². The molecule has 1 aliphatic heterocycles. The van der Waals surface area contributed by atoms with Crippen molar-refractivity contribution in [2.24, 2.45) is 0 Å². The Balaban J connectivity index is 1.57. The van der Waals surface area contributed by atoms with Gasteiger partial charge < -0.3 is 9.88 Å². The van der Waals surface area contributed by atoms with Crippen molar-refractivity contribution in [2.75, 3.05) is 17.3 Å². The molecule has 4 rings (SSSR count). The Kier molecular flexibility index (Phi) is 6.22. The van der Waals surface area contributed by atoms with E-state index in [9.17, 15) is 26.4 Å². The first-order chi connectivity index (χ1) is 15.1. The molecular weight excluding hydrogens is 463 g/mol. The number of carbonyl (C=O) groups is 1. The lowest BCUT2D eigenvalue weighted by atomic mass is 10.2. The van der Waals surface area contributed by atoms with E-state index in [1.807, 2.05) is 30.3 Å². The summed E-state index contributed by atoms with van der Waals surface area (Å²) < 4.78 is 64.3. The molecule has 6 nitrogen and oxygen atoms in total. The van der Waals surface area contributed by atoms with Gasteiger partial charge in [-0.05, 0) is 30.2 Å². The van der Waals surface area contributed by atoms with Gasteiger partial charge in [0.1, 0.15) is 0 Å². The number of amides is 1. The molecule has 3 aromatic rings. The summed E-state index contributed by atoms with van der Waals surface area (Å²) in [5.41, 5.74) is 0.882. The second kappa shape index (κ2) is 8.78. The summed E-state index contributed by atoms with van der Waals surface area (Å²) in [4.78, 5) is 16.7. The maximum absolute atomic E-state index is 13.1. The Morgan fingerprint density at radius 2 is 1.94 bits per heavy atom. The topological polar surface area (TPSA) is 81.1 Å². The number of carbonyl (C=O) groups excluding carboxylic acids is 1. The molecule has 170 valence electrons. The van der Waals surface area contributed by atoms with Crippen LogP contribution in [0.3, 0.4) is 0 Å². The van der Waals surface area contributed by atoms with Crippen molar-refractivity contribution in [3.05, 3.63) is 59.7 Å². The summed E-state index contributed by atoms with van der Waals surface area (Å²) in [6, 6.07) is 12.4. The number of alkyl halides is 3. The summed E-state index contributed by atoms with van der Waals surface area (Å²) in [5, 5.41) is 3.13. The van der Waals surface area contributed by atoms with Gasteiger partial charge >= 0.3 is 6.18 Å². The predicted octanol–water partition coefficient (Wildman–Crippen LogP) is 3.50. The second-order valence-electron chi connectivity index (χ2n) is 7.62. The number of nitrogens with one attached hydrogen (secondary N) is 1. The zero-order valence-electron chi connectivity index (χ0n) is 16.8. The maximum atomic E-state index is 13.1. The van der Waals surface area contributed by atoms with Crippen molar-refractivity contribution in [2.45, 2.75) is 30.3 Å². The minimum absolute atomic E-state index is 0.0270. The van der Waals surface area contributed by atoms with Crippen LogP contribution in [0.4, 0.5) is 13.2 Å². The molecular formula is C21H20F3N3O3S2. The largest absolute Gasteiger partial charge is 0.416 e. The van der Waals surface area contributed by atoms with E-state index in [0.717, 1.165) is 29.5 Å². The average molecular weight is 484 g/mol. The Labute approximate surface area is 187 Å². The first-order valence-electron chi connectivity index (χ1n) is 9.85. The van der Waals surface area contributed by atoms with Crippen molar-refractivity contribution >= 4 is 38.5 Å². The number of thioether (sulfide) groups is 1. The summed E-state index contributed by atoms with van der Waals surface area (Å²) in [6.07, 6.45) is -4.10. The fourth-order valence-corrected chi connectivity index (χ4v) is 6.12. The molecule has 1 atom stereocenters. The van der Waals surface area contributed by atoms with Crippen LogP contribution in [0.5, 0.6) is 0 Å². The van der Waals surface area contributed by atoms with Crippen LogP contribution in [0.15, 0.2) is 53.7 Å². The number of sulfone groups is 1. The van der Waals surface area contributed by atoms with Gasteiger partial charge in [-0.3, -0.25) is 4.79 Å². The third-order valence-corrected chi connectivity index (χ3v) is 7.90. The number of benzene rings is 2. The Bertz CT molecular complexity index is 1240. The smallest absolute Gasteiger partial charge is 0.352 e. The van der Waals surface area contributed by atoms with Crippen molar-refractivity contribution in [3.8, 4) is 0 Å². The minimum Gasteiger partial charge on any atom is -0.352 e. The van der Waals surface area contributed by atoms with E-state index in [-0.39, 0.29) is 28.7 Å². The summed E-state index contributed by atoms with van der Waals surface area (Å²) >= 11 is 1.11. The number of imidazole rings is 1. The van der Waals surface area contributed by atoms with E-state index in [1.54, 1.807) is 4.57 Å². The van der Waals surface area contributed by atoms with Gasteiger partial charge in [0, 0.05) is 6.04 Å². The third-order valence-electron chi connectivity index (χ3n) is 5.15. The molecule has 1 N–H and O–H groups in total. The monoisotopic (exact) mass is 483 g/mol. The van der Waals surface area contributed by atoms with Crippen LogP contribution >= 0.6 is 11.8 Å². The Morgan fingerprint density at radius 1 is 1.19 bits per heavy atom. The van der Waals surface area contributed by atoms with Crippen molar-refractivity contribution in [1.82, 2.24) is 14.9 Å². The van der Waals surface area contributed by atoms with Gasteiger partial charge in [0.25, 0.3) is 0 Å². The quantitative estimate of drug-likeness (QED) is 0.543. The zero-order valence-corrected chi connectivity index (χ0v) is 18.4. The molecule has 11 heteroatoms. The van der Waals surface area contributed by atoms with Gasteiger partial charge in [-0.2, -0.15) is 13.2 Å². The lowest BCUT2D eigenvalue weighted by Crippen LogP contribution is -2.36. The molecule has 0 aliphatic carbocycles. The Morgan fingerprint density at radius 3 is 2.59 bits per heavy atom. The number of hydrogen-bond acceptors (Lipinski definition) is 5. The second-order valence-corrected chi connectivity index (χ2v) is 10.8. The zero-order chi connectivity index (χ0) is 22.9. The lowest BCUT2D eigenvalue weighted by molar-refractivity contribution is -0.137. The number of hydrogen-bond donors (Lipinski definition) is 1. The highest BCUT2D eigenvalue weighted by molar-refractivity contribution is 7.99. The van der Waals surface area contributed by atoms with Crippen LogP contribution < -0.4 is 5.32 Å². The van der Waals surface area contributed by atoms with Gasteiger partial charge in [-0.25, -0.2) is 13.4 Å². The predicted molar refractivity (Wildman–Crippen MR) is 116 cm³/mol. The third kappa shape index (κ3) is 5.26. The van der Waals surface area contributed by atoms with Gasteiger partial charge in [-0.1, -0.05) is 42.1 Å². The first kappa shape index (κ1) is 22.7. The van der Waals surface area contributed by atoms with Crippen LogP contribution in [0.2, 0.25) is 0 Å². The fourth-order valence-electron chi connectivity index (χ4n) is 3.62. The maximum Gasteiger partial charge on any atom is 0.416 e. The molecule has 1 aliphatic rings. The SMILES string of the molecule is O=C(CSc1nc2cc(C(F)(F)F)ccc2n1Cc1ccccc1)N[C@H]1CCS(=O)(=O)C1. The molecule has 2 aromatic carbocycles. The van der Waals surface area contributed by atoms with Gasteiger partial charge in [0.15, 0.2) is 15.0 Å². The number of nitrogens with zero attached hydrogens (tertiary/aromatic N) is 2. The van der Waals surface area contributed by atoms with E-state index in [2.05, 4.69) is 10.3 Å². The van der Waals surface area contributed by atoms with Crippen LogP contribution in [0.1, 0.15) is 17.5 Å². The van der Waals surface area contributed by atoms with Gasteiger partial charge in [0.05, 0.1) is 40.4 Å².